The first kappa shape index (κ1) is 13.7. The fourth-order valence-corrected chi connectivity index (χ4v) is 3.13. The maximum atomic E-state index is 11.4. The van der Waals surface area contributed by atoms with Crippen LogP contribution in [-0.4, -0.2) is 24.9 Å². The van der Waals surface area contributed by atoms with Crippen LogP contribution in [0.1, 0.15) is 24.8 Å². The molecule has 0 radical (unpaired) electrons. The highest BCUT2D eigenvalue weighted by Crippen LogP contribution is 2.35. The standard InChI is InChI=1S/C15H20N4O2/c16-11-7-12-9(3-4-14(20)18-12)6-13(11)19-5-1-2-10(8-19)15(17)21/h6-7,10H,1-5,8,16H2,(H2,17,21)(H,18,20). The Morgan fingerprint density at radius 2 is 2.14 bits per heavy atom. The van der Waals surface area contributed by atoms with Crippen molar-refractivity contribution in [3.05, 3.63) is 17.7 Å². The SMILES string of the molecule is NC(=O)C1CCCN(c2cc3c(cc2N)NC(=O)CC3)C1. The lowest BCUT2D eigenvalue weighted by atomic mass is 9.95. The van der Waals surface area contributed by atoms with Crippen LogP contribution in [0.15, 0.2) is 12.1 Å². The van der Waals surface area contributed by atoms with Gasteiger partial charge in [0.25, 0.3) is 0 Å². The fraction of sp³-hybridized carbons (Fsp3) is 0.467. The number of hydrogen-bond acceptors (Lipinski definition) is 4. The van der Waals surface area contributed by atoms with Gasteiger partial charge in [-0.15, -0.1) is 0 Å². The summed E-state index contributed by atoms with van der Waals surface area (Å²) in [6.07, 6.45) is 3.00. The first-order valence-corrected chi connectivity index (χ1v) is 7.31. The van der Waals surface area contributed by atoms with Crippen LogP contribution >= 0.6 is 0 Å². The van der Waals surface area contributed by atoms with E-state index in [9.17, 15) is 9.59 Å². The summed E-state index contributed by atoms with van der Waals surface area (Å²) in [7, 11) is 0. The summed E-state index contributed by atoms with van der Waals surface area (Å²) in [6, 6.07) is 3.85. The second kappa shape index (κ2) is 5.27. The van der Waals surface area contributed by atoms with Crippen LogP contribution in [0.3, 0.4) is 0 Å². The molecule has 2 amide bonds. The molecule has 0 spiro atoms. The second-order valence-electron chi connectivity index (χ2n) is 5.80. The third-order valence-corrected chi connectivity index (χ3v) is 4.31. The van der Waals surface area contributed by atoms with Gasteiger partial charge in [-0.25, -0.2) is 0 Å². The number of aryl methyl sites for hydroxylation is 1. The minimum Gasteiger partial charge on any atom is -0.397 e. The van der Waals surface area contributed by atoms with Gasteiger partial charge >= 0.3 is 0 Å². The molecule has 3 rings (SSSR count). The summed E-state index contributed by atoms with van der Waals surface area (Å²) >= 11 is 0. The van der Waals surface area contributed by atoms with Gasteiger partial charge in [-0.3, -0.25) is 9.59 Å². The van der Waals surface area contributed by atoms with Crippen LogP contribution in [0.25, 0.3) is 0 Å². The Kier molecular flexibility index (Phi) is 3.45. The maximum Gasteiger partial charge on any atom is 0.224 e. The minimum absolute atomic E-state index is 0.0291. The lowest BCUT2D eigenvalue weighted by molar-refractivity contribution is -0.122. The van der Waals surface area contributed by atoms with Crippen LogP contribution in [0.2, 0.25) is 0 Å². The zero-order valence-corrected chi connectivity index (χ0v) is 11.9. The monoisotopic (exact) mass is 288 g/mol. The number of nitrogens with two attached hydrogens (primary N) is 2. The Hall–Kier alpha value is -2.24. The van der Waals surface area contributed by atoms with Gasteiger partial charge in [0.15, 0.2) is 0 Å². The van der Waals surface area contributed by atoms with E-state index in [4.69, 9.17) is 11.5 Å². The van der Waals surface area contributed by atoms with Crippen LogP contribution < -0.4 is 21.7 Å². The smallest absolute Gasteiger partial charge is 0.224 e. The van der Waals surface area contributed by atoms with Gasteiger partial charge in [0.05, 0.1) is 17.3 Å². The number of nitrogens with zero attached hydrogens (tertiary/aromatic N) is 1. The number of benzene rings is 1. The molecule has 1 atom stereocenters. The average molecular weight is 288 g/mol. The summed E-state index contributed by atoms with van der Waals surface area (Å²) in [4.78, 5) is 25.0. The highest BCUT2D eigenvalue weighted by atomic mass is 16.2. The molecule has 2 aliphatic heterocycles. The Bertz CT molecular complexity index is 600. The van der Waals surface area contributed by atoms with Crippen LogP contribution in [0.5, 0.6) is 0 Å². The molecule has 21 heavy (non-hydrogen) atoms. The number of rotatable bonds is 2. The number of nitrogens with one attached hydrogen (secondary N) is 1. The first-order chi connectivity index (χ1) is 10.0. The van der Waals surface area contributed by atoms with E-state index in [0.29, 0.717) is 18.7 Å². The summed E-state index contributed by atoms with van der Waals surface area (Å²) in [5.41, 5.74) is 15.0. The molecule has 5 N–H and O–H groups in total. The third kappa shape index (κ3) is 2.66. The number of amides is 2. The van der Waals surface area contributed by atoms with Crippen molar-refractivity contribution in [1.82, 2.24) is 0 Å². The van der Waals surface area contributed by atoms with Gasteiger partial charge in [0, 0.05) is 25.2 Å². The molecule has 0 aromatic heterocycles. The molecule has 0 saturated carbocycles. The summed E-state index contributed by atoms with van der Waals surface area (Å²) in [5, 5.41) is 2.85. The zero-order chi connectivity index (χ0) is 15.0. The van der Waals surface area contributed by atoms with E-state index in [1.54, 1.807) is 0 Å². The Morgan fingerprint density at radius 1 is 1.33 bits per heavy atom. The van der Waals surface area contributed by atoms with E-state index in [1.807, 2.05) is 12.1 Å². The largest absolute Gasteiger partial charge is 0.397 e. The highest BCUT2D eigenvalue weighted by molar-refractivity contribution is 5.95. The Labute approximate surface area is 123 Å². The van der Waals surface area contributed by atoms with Gasteiger partial charge in [-0.1, -0.05) is 0 Å². The molecule has 1 aromatic carbocycles. The molecular formula is C15H20N4O2. The van der Waals surface area contributed by atoms with Crippen molar-refractivity contribution in [3.63, 3.8) is 0 Å². The number of primary amides is 1. The second-order valence-corrected chi connectivity index (χ2v) is 5.80. The molecule has 1 aromatic rings. The molecule has 0 bridgehead atoms. The van der Waals surface area contributed by atoms with Gasteiger partial charge in [0.1, 0.15) is 0 Å². The Morgan fingerprint density at radius 3 is 2.90 bits per heavy atom. The lowest BCUT2D eigenvalue weighted by Gasteiger charge is -2.34. The first-order valence-electron chi connectivity index (χ1n) is 7.31. The van der Waals surface area contributed by atoms with E-state index in [-0.39, 0.29) is 17.7 Å². The van der Waals surface area contributed by atoms with Gasteiger partial charge in [-0.05, 0) is 37.0 Å². The topological polar surface area (TPSA) is 101 Å². The zero-order valence-electron chi connectivity index (χ0n) is 11.9. The summed E-state index contributed by atoms with van der Waals surface area (Å²) in [5.74, 6) is -0.334. The number of fused-ring (bicyclic) bond motifs is 1. The Balaban J connectivity index is 1.88. The number of carbonyl (C=O) groups is 2. The molecule has 2 heterocycles. The maximum absolute atomic E-state index is 11.4. The van der Waals surface area contributed by atoms with Crippen molar-refractivity contribution in [2.45, 2.75) is 25.7 Å². The van der Waals surface area contributed by atoms with Crippen molar-refractivity contribution >= 4 is 28.9 Å². The normalized spacial score (nSPS) is 21.6. The van der Waals surface area contributed by atoms with E-state index in [0.717, 1.165) is 42.7 Å². The highest BCUT2D eigenvalue weighted by Gasteiger charge is 2.26. The molecule has 1 saturated heterocycles. The summed E-state index contributed by atoms with van der Waals surface area (Å²) < 4.78 is 0. The number of carbonyl (C=O) groups excluding carboxylic acids is 2. The molecule has 112 valence electrons. The van der Waals surface area contributed by atoms with Crippen molar-refractivity contribution in [1.29, 1.82) is 0 Å². The van der Waals surface area contributed by atoms with Crippen LogP contribution in [0.4, 0.5) is 17.1 Å². The van der Waals surface area contributed by atoms with E-state index in [2.05, 4.69) is 10.2 Å². The van der Waals surface area contributed by atoms with Crippen molar-refractivity contribution in [2.24, 2.45) is 11.7 Å². The van der Waals surface area contributed by atoms with Crippen LogP contribution in [-0.2, 0) is 16.0 Å². The van der Waals surface area contributed by atoms with Gasteiger partial charge in [0.2, 0.25) is 11.8 Å². The fourth-order valence-electron chi connectivity index (χ4n) is 3.13. The molecule has 1 unspecified atom stereocenters. The number of piperidine rings is 1. The van der Waals surface area contributed by atoms with Gasteiger partial charge < -0.3 is 21.7 Å². The van der Waals surface area contributed by atoms with Crippen molar-refractivity contribution < 1.29 is 9.59 Å². The molecule has 6 nitrogen and oxygen atoms in total. The van der Waals surface area contributed by atoms with Gasteiger partial charge in [-0.2, -0.15) is 0 Å². The third-order valence-electron chi connectivity index (χ3n) is 4.31. The number of hydrogen-bond donors (Lipinski definition) is 3. The van der Waals surface area contributed by atoms with E-state index in [1.165, 1.54) is 0 Å². The van der Waals surface area contributed by atoms with Crippen molar-refractivity contribution in [3.8, 4) is 0 Å². The average Bonchev–Trinajstić information content (AvgIpc) is 2.46. The van der Waals surface area contributed by atoms with Crippen molar-refractivity contribution in [2.75, 3.05) is 29.0 Å². The molecule has 2 aliphatic rings. The molecular weight excluding hydrogens is 268 g/mol. The summed E-state index contributed by atoms with van der Waals surface area (Å²) in [6.45, 7) is 1.49. The molecule has 1 fully saturated rings. The lowest BCUT2D eigenvalue weighted by Crippen LogP contribution is -2.41. The predicted molar refractivity (Wildman–Crippen MR) is 81.9 cm³/mol. The molecule has 0 aliphatic carbocycles. The molecule has 6 heteroatoms. The number of anilines is 3. The predicted octanol–water partition coefficient (Wildman–Crippen LogP) is 0.855. The number of nitrogen functional groups attached to an aromatic ring is 1. The minimum atomic E-state index is -0.247. The van der Waals surface area contributed by atoms with Crippen LogP contribution in [0, 0.1) is 5.92 Å². The van der Waals surface area contributed by atoms with E-state index >= 15 is 0 Å². The quantitative estimate of drug-likeness (QED) is 0.702. The van der Waals surface area contributed by atoms with E-state index < -0.39 is 0 Å².